The molecule has 1 aromatic carbocycles. The summed E-state index contributed by atoms with van der Waals surface area (Å²) < 4.78 is 65.9. The van der Waals surface area contributed by atoms with Crippen molar-refractivity contribution < 1.29 is 36.9 Å². The monoisotopic (exact) mass is 519 g/mol. The zero-order valence-electron chi connectivity index (χ0n) is 18.6. The van der Waals surface area contributed by atoms with Crippen LogP contribution < -0.4 is 0 Å². The zero-order chi connectivity index (χ0) is 24.9. The van der Waals surface area contributed by atoms with E-state index in [1.807, 2.05) is 6.07 Å². The summed E-state index contributed by atoms with van der Waals surface area (Å²) in [5.41, 5.74) is -0.400. The van der Waals surface area contributed by atoms with Gasteiger partial charge in [-0.25, -0.2) is 4.79 Å². The van der Waals surface area contributed by atoms with Gasteiger partial charge in [-0.15, -0.1) is 22.1 Å². The van der Waals surface area contributed by atoms with Crippen molar-refractivity contribution in [3.63, 3.8) is 0 Å². The summed E-state index contributed by atoms with van der Waals surface area (Å²) in [6.07, 6.45) is -0.447. The second kappa shape index (κ2) is 11.2. The van der Waals surface area contributed by atoms with Gasteiger partial charge in [0.25, 0.3) is 0 Å². The van der Waals surface area contributed by atoms with Crippen LogP contribution in [-0.4, -0.2) is 56.0 Å². The molecular weight excluding hydrogens is 491 g/mol. The predicted octanol–water partition coefficient (Wildman–Crippen LogP) is 5.39. The first-order valence-corrected chi connectivity index (χ1v) is 13.2. The van der Waals surface area contributed by atoms with Crippen molar-refractivity contribution in [2.45, 2.75) is 44.0 Å². The van der Waals surface area contributed by atoms with E-state index in [0.29, 0.717) is 36.2 Å². The van der Waals surface area contributed by atoms with Gasteiger partial charge in [0.05, 0.1) is 24.5 Å². The Morgan fingerprint density at radius 3 is 2.79 bits per heavy atom. The summed E-state index contributed by atoms with van der Waals surface area (Å²) >= 11 is 1.34. The number of carbonyl (C=O) groups excluding carboxylic acids is 1. The second-order valence-electron chi connectivity index (χ2n) is 8.05. The first-order valence-electron chi connectivity index (χ1n) is 10.7. The molecule has 0 amide bonds. The molecule has 1 aliphatic heterocycles. The number of aliphatic hydroxyl groups excluding tert-OH is 1. The van der Waals surface area contributed by atoms with E-state index in [2.05, 4.69) is 0 Å². The van der Waals surface area contributed by atoms with E-state index in [-0.39, 0.29) is 24.2 Å². The average molecular weight is 520 g/mol. The van der Waals surface area contributed by atoms with Crippen molar-refractivity contribution in [3.05, 3.63) is 69.4 Å². The van der Waals surface area contributed by atoms with Gasteiger partial charge in [0.2, 0.25) is 0 Å². The molecule has 0 saturated carbocycles. The number of hydrogen-bond acceptors (Lipinski definition) is 7. The van der Waals surface area contributed by atoms with Gasteiger partial charge in [0, 0.05) is 23.9 Å². The van der Waals surface area contributed by atoms with E-state index in [0.717, 1.165) is 17.0 Å². The molecule has 0 spiro atoms. The van der Waals surface area contributed by atoms with Crippen molar-refractivity contribution in [2.75, 3.05) is 19.4 Å². The topological polar surface area (TPSA) is 90.2 Å². The lowest BCUT2D eigenvalue weighted by molar-refractivity contribution is -0.137. The van der Waals surface area contributed by atoms with Crippen LogP contribution in [0.25, 0.3) is 0 Å². The largest absolute Gasteiger partial charge is 0.465 e. The first kappa shape index (κ1) is 26.7. The third kappa shape index (κ3) is 7.06. The summed E-state index contributed by atoms with van der Waals surface area (Å²) in [6.45, 7) is 0.409. The molecule has 11 heteroatoms. The molecule has 3 rings (SSSR count). The molecule has 188 valence electrons. The molecule has 1 aliphatic rings. The fourth-order valence-electron chi connectivity index (χ4n) is 3.83. The van der Waals surface area contributed by atoms with Gasteiger partial charge in [-0.2, -0.15) is 17.5 Å². The summed E-state index contributed by atoms with van der Waals surface area (Å²) in [5.74, 6) is -0.170. The maximum Gasteiger partial charge on any atom is 0.416 e. The van der Waals surface area contributed by atoms with Crippen LogP contribution in [0.1, 0.15) is 38.5 Å². The van der Waals surface area contributed by atoms with Gasteiger partial charge < -0.3 is 9.84 Å². The Hall–Kier alpha value is -1.89. The number of halogens is 3. The quantitative estimate of drug-likeness (QED) is 0.304. The minimum atomic E-state index is -4.44. The fraction of sp³-hybridized carbons (Fsp3) is 0.435. The van der Waals surface area contributed by atoms with Crippen LogP contribution in [0.5, 0.6) is 0 Å². The molecule has 2 aromatic rings. The Morgan fingerprint density at radius 1 is 1.32 bits per heavy atom. The van der Waals surface area contributed by atoms with E-state index in [1.165, 1.54) is 36.7 Å². The molecule has 6 nitrogen and oxygen atoms in total. The Bertz CT molecular complexity index is 1010. The van der Waals surface area contributed by atoms with E-state index in [9.17, 15) is 32.2 Å². The number of benzene rings is 1. The van der Waals surface area contributed by atoms with Gasteiger partial charge in [0.15, 0.2) is 0 Å². The Morgan fingerprint density at radius 2 is 2.09 bits per heavy atom. The van der Waals surface area contributed by atoms with Gasteiger partial charge in [0.1, 0.15) is 4.88 Å². The third-order valence-electron chi connectivity index (χ3n) is 5.54. The Balaban J connectivity index is 1.56. The number of nitrogens with zero attached hydrogens (tertiary/aromatic N) is 1. The van der Waals surface area contributed by atoms with Crippen molar-refractivity contribution in [3.8, 4) is 0 Å². The van der Waals surface area contributed by atoms with E-state index < -0.39 is 28.6 Å². The molecule has 2 atom stereocenters. The highest BCUT2D eigenvalue weighted by Gasteiger charge is 2.35. The number of alkyl halides is 3. The van der Waals surface area contributed by atoms with Crippen molar-refractivity contribution >= 4 is 28.1 Å². The molecule has 3 N–H and O–H groups in total. The van der Waals surface area contributed by atoms with Crippen LogP contribution in [0.15, 0.2) is 48.6 Å². The molecule has 2 heterocycles. The molecule has 1 saturated heterocycles. The summed E-state index contributed by atoms with van der Waals surface area (Å²) in [4.78, 5) is 13.1. The van der Waals surface area contributed by atoms with Crippen LogP contribution in [0.4, 0.5) is 13.2 Å². The van der Waals surface area contributed by atoms with Crippen LogP contribution >= 0.6 is 22.1 Å². The van der Waals surface area contributed by atoms with Crippen LogP contribution in [0.3, 0.4) is 0 Å². The molecule has 1 fully saturated rings. The normalized spacial score (nSPS) is 20.5. The van der Waals surface area contributed by atoms with Crippen LogP contribution in [0, 0.1) is 0 Å². The van der Waals surface area contributed by atoms with Crippen molar-refractivity contribution in [1.29, 1.82) is 0 Å². The van der Waals surface area contributed by atoms with Crippen molar-refractivity contribution in [2.24, 2.45) is 0 Å². The molecule has 1 unspecified atom stereocenters. The lowest BCUT2D eigenvalue weighted by atomic mass is 10.0. The van der Waals surface area contributed by atoms with Gasteiger partial charge >= 0.3 is 12.1 Å². The van der Waals surface area contributed by atoms with Crippen molar-refractivity contribution in [1.82, 2.24) is 4.31 Å². The van der Waals surface area contributed by atoms with Crippen LogP contribution in [-0.2, 0) is 23.8 Å². The average Bonchev–Trinajstić information content (AvgIpc) is 3.36. The summed E-state index contributed by atoms with van der Waals surface area (Å²) in [7, 11) is -1.60. The minimum Gasteiger partial charge on any atom is -0.465 e. The maximum absolute atomic E-state index is 12.9. The number of aryl methyl sites for hydroxylation is 1. The first-order chi connectivity index (χ1) is 16.0. The Labute approximate surface area is 202 Å². The highest BCUT2D eigenvalue weighted by Crippen LogP contribution is 2.51. The zero-order valence-corrected chi connectivity index (χ0v) is 20.2. The highest BCUT2D eigenvalue weighted by molar-refractivity contribution is 8.22. The number of esters is 1. The standard InChI is InChI=1S/C23H28F3NO5S2/c1-32-22(29)21-10-9-20(33-21)6-3-12-27-18(11-13-34(27,30)31)7-8-19(28)15-16-4-2-5-17(14-16)23(24,25)26/h2,4-5,7-10,14,18-19,28,30-31H,3,6,11-13,15H2,1H3/t18-,19?/m0/s1. The molecule has 0 radical (unpaired) electrons. The fourth-order valence-corrected chi connectivity index (χ4v) is 6.62. The number of ether oxygens (including phenoxy) is 1. The molecule has 1 aromatic heterocycles. The van der Waals surface area contributed by atoms with Gasteiger partial charge in [-0.1, -0.05) is 30.4 Å². The number of carbonyl (C=O) groups is 1. The maximum atomic E-state index is 12.9. The Kier molecular flexibility index (Phi) is 8.82. The minimum absolute atomic E-state index is 0.0182. The smallest absolute Gasteiger partial charge is 0.416 e. The van der Waals surface area contributed by atoms with E-state index in [4.69, 9.17) is 4.74 Å². The number of hydrogen-bond donors (Lipinski definition) is 3. The number of rotatable bonds is 9. The lowest BCUT2D eigenvalue weighted by Gasteiger charge is -2.38. The SMILES string of the molecule is COC(=O)c1ccc(CCCN2[C@@H](C=CC(O)Cc3cccc(C(F)(F)F)c3)CCS2(O)O)s1. The van der Waals surface area contributed by atoms with Gasteiger partial charge in [-0.3, -0.25) is 9.11 Å². The number of thiophene rings is 1. The molecule has 0 bridgehead atoms. The molecule has 34 heavy (non-hydrogen) atoms. The summed E-state index contributed by atoms with van der Waals surface area (Å²) in [6, 6.07) is 8.10. The van der Waals surface area contributed by atoms with E-state index >= 15 is 0 Å². The molecule has 0 aliphatic carbocycles. The number of aliphatic hydroxyl groups is 1. The van der Waals surface area contributed by atoms with Crippen LogP contribution in [0.2, 0.25) is 0 Å². The third-order valence-corrected chi connectivity index (χ3v) is 8.65. The lowest BCUT2D eigenvalue weighted by Crippen LogP contribution is -2.31. The summed E-state index contributed by atoms with van der Waals surface area (Å²) in [5, 5.41) is 10.3. The van der Waals surface area contributed by atoms with E-state index in [1.54, 1.807) is 16.4 Å². The second-order valence-corrected chi connectivity index (χ2v) is 11.4. The predicted molar refractivity (Wildman–Crippen MR) is 127 cm³/mol. The number of methoxy groups -OCH3 is 1. The van der Waals surface area contributed by atoms with Gasteiger partial charge in [-0.05, 0) is 43.0 Å². The molecular formula is C23H28F3NO5S2. The highest BCUT2D eigenvalue weighted by atomic mass is 32.3.